The summed E-state index contributed by atoms with van der Waals surface area (Å²) in [6.45, 7) is 3.27. The van der Waals surface area contributed by atoms with E-state index >= 15 is 0 Å². The van der Waals surface area contributed by atoms with E-state index in [0.29, 0.717) is 17.5 Å². The van der Waals surface area contributed by atoms with Gasteiger partial charge in [0.1, 0.15) is 19.3 Å². The molecule has 2 aromatic heterocycles. The van der Waals surface area contributed by atoms with E-state index < -0.39 is 0 Å². The van der Waals surface area contributed by atoms with E-state index in [-0.39, 0.29) is 0 Å². The van der Waals surface area contributed by atoms with E-state index in [0.717, 1.165) is 54.5 Å². The van der Waals surface area contributed by atoms with Crippen LogP contribution >= 0.6 is 0 Å². The summed E-state index contributed by atoms with van der Waals surface area (Å²) in [7, 11) is 6.36. The molecule has 154 valence electrons. The van der Waals surface area contributed by atoms with Crippen molar-refractivity contribution in [2.75, 3.05) is 41.8 Å². The second kappa shape index (κ2) is 8.56. The summed E-state index contributed by atoms with van der Waals surface area (Å²) in [4.78, 5) is 14.9. The topological polar surface area (TPSA) is 78.1 Å². The Hall–Kier alpha value is -2.74. The number of ether oxygens (including phenoxy) is 1. The van der Waals surface area contributed by atoms with Crippen molar-refractivity contribution in [3.05, 3.63) is 30.5 Å². The molecule has 2 radical (unpaired) electrons. The average molecular weight is 402 g/mol. The van der Waals surface area contributed by atoms with E-state index in [4.69, 9.17) is 17.6 Å². The van der Waals surface area contributed by atoms with Gasteiger partial charge in [-0.3, -0.25) is 0 Å². The van der Waals surface area contributed by atoms with Crippen molar-refractivity contribution in [3.8, 4) is 0 Å². The molecule has 2 fully saturated rings. The first-order valence-corrected chi connectivity index (χ1v) is 10.9. The maximum absolute atomic E-state index is 6.36. The highest BCUT2D eigenvalue weighted by molar-refractivity contribution is 6.36. The number of H-pyrrole nitrogens is 1. The van der Waals surface area contributed by atoms with E-state index in [1.807, 2.05) is 24.4 Å². The van der Waals surface area contributed by atoms with Crippen molar-refractivity contribution in [2.45, 2.75) is 38.1 Å². The van der Waals surface area contributed by atoms with Crippen LogP contribution in [-0.4, -0.2) is 55.1 Å². The molecule has 1 saturated carbocycles. The van der Waals surface area contributed by atoms with Crippen molar-refractivity contribution >= 4 is 47.5 Å². The van der Waals surface area contributed by atoms with Gasteiger partial charge in [-0.2, -0.15) is 9.97 Å². The van der Waals surface area contributed by atoms with Crippen molar-refractivity contribution in [1.29, 1.82) is 0 Å². The Morgan fingerprint density at radius 2 is 1.90 bits per heavy atom. The van der Waals surface area contributed by atoms with Gasteiger partial charge < -0.3 is 25.3 Å². The van der Waals surface area contributed by atoms with Gasteiger partial charge in [-0.1, -0.05) is 24.7 Å². The summed E-state index contributed by atoms with van der Waals surface area (Å²) in [5.41, 5.74) is 3.41. The summed E-state index contributed by atoms with van der Waals surface area (Å²) in [6.07, 6.45) is 8.16. The van der Waals surface area contributed by atoms with Crippen LogP contribution in [-0.2, 0) is 4.74 Å². The third-order valence-electron chi connectivity index (χ3n) is 6.02. The van der Waals surface area contributed by atoms with Crippen LogP contribution in [0.1, 0.15) is 32.1 Å². The molecular formula is C22H27BN6O. The number of anilines is 4. The Kier molecular flexibility index (Phi) is 5.49. The normalized spacial score (nSPS) is 17.9. The molecule has 8 heteroatoms. The molecule has 1 saturated heterocycles. The molecule has 1 aromatic carbocycles. The Morgan fingerprint density at radius 3 is 2.70 bits per heavy atom. The van der Waals surface area contributed by atoms with E-state index in [1.165, 1.54) is 32.1 Å². The van der Waals surface area contributed by atoms with Crippen LogP contribution in [0.15, 0.2) is 30.5 Å². The number of aromatic nitrogens is 3. The molecule has 3 heterocycles. The van der Waals surface area contributed by atoms with Crippen LogP contribution in [0, 0.1) is 0 Å². The molecule has 3 N–H and O–H groups in total. The first kappa shape index (κ1) is 19.2. The summed E-state index contributed by atoms with van der Waals surface area (Å²) in [5, 5.41) is 7.97. The van der Waals surface area contributed by atoms with Gasteiger partial charge in [0.2, 0.25) is 5.95 Å². The van der Waals surface area contributed by atoms with Gasteiger partial charge in [-0.25, -0.2) is 0 Å². The van der Waals surface area contributed by atoms with Crippen LogP contribution in [0.2, 0.25) is 0 Å². The lowest BCUT2D eigenvalue weighted by molar-refractivity contribution is 0.122. The molecule has 2 aliphatic rings. The van der Waals surface area contributed by atoms with E-state index in [1.54, 1.807) is 0 Å². The number of nitrogens with one attached hydrogen (secondary N) is 3. The lowest BCUT2D eigenvalue weighted by Crippen LogP contribution is -2.36. The largest absolute Gasteiger partial charge is 0.378 e. The number of benzene rings is 1. The van der Waals surface area contributed by atoms with Gasteiger partial charge in [0.25, 0.3) is 0 Å². The van der Waals surface area contributed by atoms with Crippen LogP contribution < -0.4 is 21.0 Å². The minimum atomic E-state index is 0.470. The second-order valence-corrected chi connectivity index (χ2v) is 8.11. The lowest BCUT2D eigenvalue weighted by Gasteiger charge is -2.29. The smallest absolute Gasteiger partial charge is 0.231 e. The zero-order chi connectivity index (χ0) is 20.3. The fraction of sp³-hybridized carbons (Fsp3) is 0.455. The zero-order valence-electron chi connectivity index (χ0n) is 17.2. The predicted octanol–water partition coefficient (Wildman–Crippen LogP) is 3.08. The monoisotopic (exact) mass is 402 g/mol. The van der Waals surface area contributed by atoms with Gasteiger partial charge in [0.15, 0.2) is 0 Å². The fourth-order valence-electron chi connectivity index (χ4n) is 4.35. The molecule has 3 aromatic rings. The van der Waals surface area contributed by atoms with Crippen LogP contribution in [0.3, 0.4) is 0 Å². The number of hydrogen-bond donors (Lipinski definition) is 3. The number of rotatable bonds is 5. The molecular weight excluding hydrogens is 375 g/mol. The minimum Gasteiger partial charge on any atom is -0.378 e. The van der Waals surface area contributed by atoms with Gasteiger partial charge in [0.05, 0.1) is 18.6 Å². The highest BCUT2D eigenvalue weighted by atomic mass is 16.5. The first-order valence-electron chi connectivity index (χ1n) is 10.9. The molecule has 0 amide bonds. The summed E-state index contributed by atoms with van der Waals surface area (Å²) in [6, 6.07) is 8.57. The maximum Gasteiger partial charge on any atom is 0.231 e. The van der Waals surface area contributed by atoms with Crippen molar-refractivity contribution in [3.63, 3.8) is 0 Å². The van der Waals surface area contributed by atoms with Gasteiger partial charge in [0, 0.05) is 36.7 Å². The number of morpholine rings is 1. The Labute approximate surface area is 178 Å². The third-order valence-corrected chi connectivity index (χ3v) is 6.02. The highest BCUT2D eigenvalue weighted by Crippen LogP contribution is 2.27. The Morgan fingerprint density at radius 1 is 1.07 bits per heavy atom. The summed E-state index contributed by atoms with van der Waals surface area (Å²) < 4.78 is 5.44. The van der Waals surface area contributed by atoms with Crippen molar-refractivity contribution in [1.82, 2.24) is 15.0 Å². The van der Waals surface area contributed by atoms with Crippen LogP contribution in [0.4, 0.5) is 23.1 Å². The summed E-state index contributed by atoms with van der Waals surface area (Å²) in [5.74, 6) is 1.41. The number of hydrogen-bond acceptors (Lipinski definition) is 6. The van der Waals surface area contributed by atoms with E-state index in [9.17, 15) is 0 Å². The molecule has 0 atom stereocenters. The van der Waals surface area contributed by atoms with Gasteiger partial charge >= 0.3 is 0 Å². The first-order chi connectivity index (χ1) is 14.8. The molecule has 7 nitrogen and oxygen atoms in total. The fourth-order valence-corrected chi connectivity index (χ4v) is 4.35. The number of fused-ring (bicyclic) bond motifs is 1. The third kappa shape index (κ3) is 4.10. The molecule has 5 rings (SSSR count). The molecule has 0 unspecified atom stereocenters. The molecule has 1 aliphatic carbocycles. The quantitative estimate of drug-likeness (QED) is 0.570. The highest BCUT2D eigenvalue weighted by Gasteiger charge is 2.17. The van der Waals surface area contributed by atoms with Gasteiger partial charge in [-0.05, 0) is 37.1 Å². The SMILES string of the molecule is [B]c1cc(N2CCOCC2)ccc1Nc1nc(NC2CCCCC2)c2cc[nH]c2n1. The Balaban J connectivity index is 1.38. The van der Waals surface area contributed by atoms with E-state index in [2.05, 4.69) is 31.6 Å². The molecule has 30 heavy (non-hydrogen) atoms. The number of aromatic amines is 1. The lowest BCUT2D eigenvalue weighted by atomic mass is 9.93. The van der Waals surface area contributed by atoms with Crippen LogP contribution in [0.5, 0.6) is 0 Å². The summed E-state index contributed by atoms with van der Waals surface area (Å²) >= 11 is 0. The predicted molar refractivity (Wildman–Crippen MR) is 123 cm³/mol. The minimum absolute atomic E-state index is 0.470. The Bertz CT molecular complexity index is 1010. The standard InChI is InChI=1S/C22H27BN6O/c23-18-14-16(29-10-12-30-13-11-29)6-7-19(18)26-22-27-20-17(8-9-24-20)21(28-22)25-15-4-2-1-3-5-15/h6-9,14-15H,1-5,10-13H2,(H3,24,25,26,27,28). The van der Waals surface area contributed by atoms with Crippen LogP contribution in [0.25, 0.3) is 11.0 Å². The second-order valence-electron chi connectivity index (χ2n) is 8.11. The van der Waals surface area contributed by atoms with Crippen molar-refractivity contribution in [2.24, 2.45) is 0 Å². The zero-order valence-corrected chi connectivity index (χ0v) is 17.2. The molecule has 1 aliphatic heterocycles. The average Bonchev–Trinajstić information content (AvgIpc) is 3.26. The maximum atomic E-state index is 6.36. The molecule has 0 bridgehead atoms. The van der Waals surface area contributed by atoms with Gasteiger partial charge in [-0.15, -0.1) is 0 Å². The molecule has 0 spiro atoms. The van der Waals surface area contributed by atoms with Crippen molar-refractivity contribution < 1.29 is 4.74 Å². The number of nitrogens with zero attached hydrogens (tertiary/aromatic N) is 3.